The summed E-state index contributed by atoms with van der Waals surface area (Å²) < 4.78 is 43.9. The number of nitrogens with zero attached hydrogens (tertiary/aromatic N) is 6. The molecule has 5 heterocycles. The maximum absolute atomic E-state index is 16.9. The number of phenols is 1. The minimum Gasteiger partial charge on any atom is -0.508 e. The van der Waals surface area contributed by atoms with Crippen molar-refractivity contribution in [3.63, 3.8) is 0 Å². The van der Waals surface area contributed by atoms with E-state index in [1.54, 1.807) is 20.3 Å². The fraction of sp³-hybridized carbons (Fsp3) is 0.474. The molecule has 260 valence electrons. The lowest BCUT2D eigenvalue weighted by Gasteiger charge is -2.35. The number of halogens is 2. The predicted octanol–water partition coefficient (Wildman–Crippen LogP) is 6.12. The lowest BCUT2D eigenvalue weighted by atomic mass is 9.95. The van der Waals surface area contributed by atoms with Crippen molar-refractivity contribution in [3.8, 4) is 35.4 Å². The van der Waals surface area contributed by atoms with Crippen molar-refractivity contribution < 1.29 is 28.2 Å². The van der Waals surface area contributed by atoms with Gasteiger partial charge >= 0.3 is 12.1 Å². The van der Waals surface area contributed by atoms with E-state index in [1.165, 1.54) is 35.6 Å². The lowest BCUT2D eigenvalue weighted by molar-refractivity contribution is 0.0484. The van der Waals surface area contributed by atoms with Gasteiger partial charge in [-0.1, -0.05) is 12.0 Å². The van der Waals surface area contributed by atoms with Gasteiger partial charge in [0, 0.05) is 50.4 Å². The standard InChI is InChI=1S/C38H40F2N6O4/c1-4-27-30(39)9-8-24-15-26(47)16-28(31(24)27)33-32(40)34-29(17-41-33)35(45-18-22-6-7-23(14-22)19-45)43-36(42-34)50-21-38-11-5-13-46(38)25(10-12-38)20-49-37(48)44(2)3/h1,8-9,15-17,22-23,25,47H,5-7,10-14,18-21H2,2-3H3/t22?,23?,25-,38-/m1/s1. The molecule has 4 aliphatic rings. The van der Waals surface area contributed by atoms with Crippen molar-refractivity contribution in [2.24, 2.45) is 11.8 Å². The minimum absolute atomic E-state index is 0.0312. The predicted molar refractivity (Wildman–Crippen MR) is 185 cm³/mol. The first kappa shape index (κ1) is 32.4. The van der Waals surface area contributed by atoms with Crippen LogP contribution in [-0.4, -0.2) is 94.5 Å². The molecule has 3 saturated heterocycles. The number of amides is 1. The largest absolute Gasteiger partial charge is 0.508 e. The van der Waals surface area contributed by atoms with Crippen LogP contribution in [0.25, 0.3) is 32.9 Å². The molecular weight excluding hydrogens is 642 g/mol. The molecule has 3 aliphatic heterocycles. The highest BCUT2D eigenvalue weighted by molar-refractivity contribution is 6.03. The molecule has 1 aliphatic carbocycles. The van der Waals surface area contributed by atoms with Crippen molar-refractivity contribution in [2.75, 3.05) is 51.8 Å². The lowest BCUT2D eigenvalue weighted by Crippen LogP contribution is -2.48. The van der Waals surface area contributed by atoms with Crippen LogP contribution in [0, 0.1) is 35.8 Å². The molecule has 0 spiro atoms. The summed E-state index contributed by atoms with van der Waals surface area (Å²) in [5.41, 5.74) is -0.222. The average molecular weight is 683 g/mol. The number of carbonyl (C=O) groups excluding carboxylic acids is 1. The van der Waals surface area contributed by atoms with Gasteiger partial charge in [-0.2, -0.15) is 9.97 Å². The highest BCUT2D eigenvalue weighted by Crippen LogP contribution is 2.44. The number of rotatable bonds is 7. The van der Waals surface area contributed by atoms with E-state index in [-0.39, 0.29) is 57.2 Å². The highest BCUT2D eigenvalue weighted by atomic mass is 19.1. The van der Waals surface area contributed by atoms with Crippen LogP contribution in [-0.2, 0) is 4.74 Å². The van der Waals surface area contributed by atoms with E-state index in [2.05, 4.69) is 25.7 Å². The zero-order chi connectivity index (χ0) is 34.7. The third-order valence-electron chi connectivity index (χ3n) is 11.3. The molecule has 1 saturated carbocycles. The molecule has 2 aromatic heterocycles. The number of phenolic OH excluding ortho intramolecular Hbond substituents is 1. The fourth-order valence-corrected chi connectivity index (χ4v) is 8.93. The second-order valence-electron chi connectivity index (χ2n) is 14.6. The Morgan fingerprint density at radius 1 is 1.14 bits per heavy atom. The number of carbonyl (C=O) groups is 1. The third kappa shape index (κ3) is 5.52. The van der Waals surface area contributed by atoms with E-state index in [0.29, 0.717) is 41.6 Å². The zero-order valence-corrected chi connectivity index (χ0v) is 28.3. The molecule has 2 bridgehead atoms. The summed E-state index contributed by atoms with van der Waals surface area (Å²) in [6, 6.07) is 5.69. The molecule has 4 aromatic rings. The Balaban J connectivity index is 1.18. The van der Waals surface area contributed by atoms with Gasteiger partial charge < -0.3 is 24.4 Å². The summed E-state index contributed by atoms with van der Waals surface area (Å²) in [5.74, 6) is 2.56. The molecule has 2 unspecified atom stereocenters. The Bertz CT molecular complexity index is 2040. The van der Waals surface area contributed by atoms with Gasteiger partial charge in [-0.05, 0) is 86.9 Å². The molecule has 2 aromatic carbocycles. The van der Waals surface area contributed by atoms with E-state index < -0.39 is 11.6 Å². The summed E-state index contributed by atoms with van der Waals surface area (Å²) in [4.78, 5) is 32.3. The topological polar surface area (TPSA) is 104 Å². The molecule has 12 heteroatoms. The van der Waals surface area contributed by atoms with Crippen molar-refractivity contribution in [1.29, 1.82) is 0 Å². The first-order valence-corrected chi connectivity index (χ1v) is 17.4. The Hall–Kier alpha value is -4.76. The van der Waals surface area contributed by atoms with Gasteiger partial charge in [-0.3, -0.25) is 9.88 Å². The van der Waals surface area contributed by atoms with Gasteiger partial charge in [0.05, 0.1) is 16.5 Å². The summed E-state index contributed by atoms with van der Waals surface area (Å²) in [7, 11) is 3.33. The zero-order valence-electron chi connectivity index (χ0n) is 28.3. The maximum Gasteiger partial charge on any atom is 0.409 e. The molecular formula is C38H40F2N6O4. The maximum atomic E-state index is 16.9. The molecule has 4 fully saturated rings. The van der Waals surface area contributed by atoms with Gasteiger partial charge in [-0.25, -0.2) is 13.6 Å². The van der Waals surface area contributed by atoms with Crippen LogP contribution >= 0.6 is 0 Å². The molecule has 8 rings (SSSR count). The summed E-state index contributed by atoms with van der Waals surface area (Å²) in [6.45, 7) is 3.10. The first-order chi connectivity index (χ1) is 24.1. The van der Waals surface area contributed by atoms with E-state index >= 15 is 4.39 Å². The SMILES string of the molecule is C#Cc1c(F)ccc2cc(O)cc(-c3ncc4c(N5CC6CCC(C6)C5)nc(OC[C@]56CCCN5[C@@H](COC(=O)N(C)C)CC6)nc4c3F)c12. The van der Waals surface area contributed by atoms with Crippen LogP contribution in [0.5, 0.6) is 11.8 Å². The second kappa shape index (κ2) is 12.5. The van der Waals surface area contributed by atoms with Crippen molar-refractivity contribution in [1.82, 2.24) is 24.8 Å². The number of ether oxygens (including phenoxy) is 2. The van der Waals surface area contributed by atoms with E-state index in [0.717, 1.165) is 58.2 Å². The van der Waals surface area contributed by atoms with E-state index in [1.807, 2.05) is 0 Å². The van der Waals surface area contributed by atoms with Crippen molar-refractivity contribution >= 4 is 33.6 Å². The first-order valence-electron chi connectivity index (χ1n) is 17.4. The third-order valence-corrected chi connectivity index (χ3v) is 11.3. The molecule has 10 nitrogen and oxygen atoms in total. The van der Waals surface area contributed by atoms with Crippen LogP contribution in [0.2, 0.25) is 0 Å². The number of pyridine rings is 1. The van der Waals surface area contributed by atoms with Gasteiger partial charge in [0.1, 0.15) is 41.8 Å². The average Bonchev–Trinajstić information content (AvgIpc) is 3.78. The Morgan fingerprint density at radius 3 is 2.70 bits per heavy atom. The van der Waals surface area contributed by atoms with Gasteiger partial charge in [-0.15, -0.1) is 6.42 Å². The number of terminal acetylenes is 1. The monoisotopic (exact) mass is 682 g/mol. The van der Waals surface area contributed by atoms with Gasteiger partial charge in [0.25, 0.3) is 0 Å². The molecule has 50 heavy (non-hydrogen) atoms. The van der Waals surface area contributed by atoms with Gasteiger partial charge in [0.2, 0.25) is 0 Å². The quantitative estimate of drug-likeness (QED) is 0.231. The molecule has 1 amide bonds. The number of aromatic nitrogens is 3. The van der Waals surface area contributed by atoms with Crippen molar-refractivity contribution in [2.45, 2.75) is 56.5 Å². The number of benzene rings is 2. The number of aromatic hydroxyl groups is 1. The van der Waals surface area contributed by atoms with Crippen LogP contribution in [0.1, 0.15) is 50.5 Å². The van der Waals surface area contributed by atoms with Crippen LogP contribution in [0.15, 0.2) is 30.5 Å². The summed E-state index contributed by atoms with van der Waals surface area (Å²) in [6.07, 6.45) is 14.1. The Kier molecular flexibility index (Phi) is 8.13. The number of hydrogen-bond acceptors (Lipinski definition) is 9. The number of fused-ring (bicyclic) bond motifs is 5. The smallest absolute Gasteiger partial charge is 0.409 e. The molecule has 4 atom stereocenters. The molecule has 1 N–H and O–H groups in total. The number of anilines is 1. The van der Waals surface area contributed by atoms with E-state index in [9.17, 15) is 14.3 Å². The van der Waals surface area contributed by atoms with E-state index in [4.69, 9.17) is 20.9 Å². The van der Waals surface area contributed by atoms with Crippen LogP contribution in [0.4, 0.5) is 19.4 Å². The normalized spacial score (nSPS) is 24.5. The highest BCUT2D eigenvalue weighted by Gasteiger charge is 2.50. The minimum atomic E-state index is -0.737. The summed E-state index contributed by atoms with van der Waals surface area (Å²) in [5, 5.41) is 11.8. The number of piperidine rings is 1. The number of hydrogen-bond donors (Lipinski definition) is 1. The Labute approximate surface area is 289 Å². The second-order valence-corrected chi connectivity index (χ2v) is 14.6. The van der Waals surface area contributed by atoms with Crippen LogP contribution in [0.3, 0.4) is 0 Å². The van der Waals surface area contributed by atoms with Gasteiger partial charge in [0.15, 0.2) is 5.82 Å². The summed E-state index contributed by atoms with van der Waals surface area (Å²) >= 11 is 0. The molecule has 0 radical (unpaired) electrons. The fourth-order valence-electron chi connectivity index (χ4n) is 8.93. The Morgan fingerprint density at radius 2 is 1.94 bits per heavy atom. The van der Waals surface area contributed by atoms with Crippen LogP contribution < -0.4 is 9.64 Å². The van der Waals surface area contributed by atoms with Crippen molar-refractivity contribution in [3.05, 3.63) is 47.7 Å².